The largest absolute Gasteiger partial charge is 0.515 e. The van der Waals surface area contributed by atoms with E-state index in [1.807, 2.05) is 0 Å². The van der Waals surface area contributed by atoms with Crippen LogP contribution in [0.1, 0.15) is 71.6 Å². The number of aliphatic hydroxyl groups is 1. The van der Waals surface area contributed by atoms with Gasteiger partial charge in [0.25, 0.3) is 0 Å². The molecule has 0 spiro atoms. The highest BCUT2D eigenvalue weighted by Crippen LogP contribution is 2.09. The third kappa shape index (κ3) is 10.2. The summed E-state index contributed by atoms with van der Waals surface area (Å²) in [6, 6.07) is 0. The van der Waals surface area contributed by atoms with Crippen molar-refractivity contribution in [3.63, 3.8) is 0 Å². The molecule has 0 radical (unpaired) electrons. The van der Waals surface area contributed by atoms with Crippen LogP contribution in [-0.4, -0.2) is 17.7 Å². The zero-order valence-corrected chi connectivity index (χ0v) is 11.9. The molecule has 0 aromatic carbocycles. The number of ether oxygens (including phenoxy) is 1. The van der Waals surface area contributed by atoms with Crippen LogP contribution < -0.4 is 0 Å². The summed E-state index contributed by atoms with van der Waals surface area (Å²) in [7, 11) is 0. The van der Waals surface area contributed by atoms with Gasteiger partial charge in [0.05, 0.1) is 18.4 Å². The number of esters is 1. The summed E-state index contributed by atoms with van der Waals surface area (Å²) >= 11 is 0. The number of aliphatic hydroxyl groups excluding tert-OH is 1. The molecule has 106 valence electrons. The normalized spacial score (nSPS) is 11.6. The zero-order chi connectivity index (χ0) is 13.6. The lowest BCUT2D eigenvalue weighted by Gasteiger charge is -2.04. The van der Waals surface area contributed by atoms with E-state index in [0.717, 1.165) is 19.1 Å². The summed E-state index contributed by atoms with van der Waals surface area (Å²) in [4.78, 5) is 11.2. The molecule has 18 heavy (non-hydrogen) atoms. The van der Waals surface area contributed by atoms with Crippen LogP contribution in [-0.2, 0) is 9.53 Å². The first-order chi connectivity index (χ1) is 8.72. The summed E-state index contributed by atoms with van der Waals surface area (Å²) < 4.78 is 4.99. The van der Waals surface area contributed by atoms with Crippen molar-refractivity contribution >= 4 is 5.97 Å². The van der Waals surface area contributed by atoms with Gasteiger partial charge in [-0.3, -0.25) is 0 Å². The standard InChI is InChI=1S/C15H28O3/c1-3-4-5-6-7-8-9-10-11-12-18-15(17)14(2)13-16/h13,16H,3-12H2,1-2H3. The molecule has 3 heteroatoms. The highest BCUT2D eigenvalue weighted by atomic mass is 16.5. The van der Waals surface area contributed by atoms with Crippen molar-refractivity contribution in [2.75, 3.05) is 6.61 Å². The van der Waals surface area contributed by atoms with Gasteiger partial charge >= 0.3 is 5.97 Å². The van der Waals surface area contributed by atoms with E-state index in [2.05, 4.69) is 6.92 Å². The van der Waals surface area contributed by atoms with Crippen LogP contribution >= 0.6 is 0 Å². The molecule has 0 bridgehead atoms. The van der Waals surface area contributed by atoms with Gasteiger partial charge in [-0.15, -0.1) is 0 Å². The Kier molecular flexibility index (Phi) is 11.8. The van der Waals surface area contributed by atoms with Gasteiger partial charge in [0, 0.05) is 0 Å². The molecule has 0 saturated heterocycles. The molecule has 0 aromatic rings. The van der Waals surface area contributed by atoms with Gasteiger partial charge in [-0.25, -0.2) is 4.79 Å². The second-order valence-electron chi connectivity index (χ2n) is 4.78. The molecule has 3 nitrogen and oxygen atoms in total. The maximum absolute atomic E-state index is 11.2. The topological polar surface area (TPSA) is 46.5 Å². The molecule has 0 aromatic heterocycles. The third-order valence-corrected chi connectivity index (χ3v) is 3.00. The van der Waals surface area contributed by atoms with Crippen molar-refractivity contribution in [3.05, 3.63) is 11.8 Å². The molecule has 0 atom stereocenters. The summed E-state index contributed by atoms with van der Waals surface area (Å²) in [5.74, 6) is -0.419. The first kappa shape index (κ1) is 17.0. The lowest BCUT2D eigenvalue weighted by molar-refractivity contribution is -0.139. The Bertz CT molecular complexity index is 234. The Morgan fingerprint density at radius 2 is 1.50 bits per heavy atom. The lowest BCUT2D eigenvalue weighted by Crippen LogP contribution is -2.07. The summed E-state index contributed by atoms with van der Waals surface area (Å²) in [6.07, 6.45) is 12.0. The fourth-order valence-electron chi connectivity index (χ4n) is 1.74. The Morgan fingerprint density at radius 3 is 2.00 bits per heavy atom. The minimum atomic E-state index is -0.419. The zero-order valence-electron chi connectivity index (χ0n) is 11.9. The van der Waals surface area contributed by atoms with Gasteiger partial charge in [0.15, 0.2) is 0 Å². The third-order valence-electron chi connectivity index (χ3n) is 3.00. The minimum absolute atomic E-state index is 0.255. The number of hydrogen-bond donors (Lipinski definition) is 1. The van der Waals surface area contributed by atoms with Gasteiger partial charge in [-0.1, -0.05) is 58.3 Å². The maximum Gasteiger partial charge on any atom is 0.336 e. The van der Waals surface area contributed by atoms with E-state index in [1.165, 1.54) is 44.9 Å². The summed E-state index contributed by atoms with van der Waals surface area (Å²) in [6.45, 7) is 4.23. The van der Waals surface area contributed by atoms with Crippen LogP contribution in [0.25, 0.3) is 0 Å². The molecule has 0 saturated carbocycles. The predicted molar refractivity (Wildman–Crippen MR) is 74.6 cm³/mol. The van der Waals surface area contributed by atoms with Gasteiger partial charge < -0.3 is 9.84 Å². The average molecular weight is 256 g/mol. The molecule has 0 aliphatic heterocycles. The number of rotatable bonds is 11. The van der Waals surface area contributed by atoms with Crippen molar-refractivity contribution in [2.24, 2.45) is 0 Å². The van der Waals surface area contributed by atoms with E-state index in [0.29, 0.717) is 6.61 Å². The number of carbonyl (C=O) groups excluding carboxylic acids is 1. The highest BCUT2D eigenvalue weighted by molar-refractivity contribution is 5.87. The Labute approximate surface area is 111 Å². The first-order valence-corrected chi connectivity index (χ1v) is 7.20. The van der Waals surface area contributed by atoms with Gasteiger partial charge in [-0.05, 0) is 13.3 Å². The molecule has 0 aliphatic carbocycles. The minimum Gasteiger partial charge on any atom is -0.515 e. The monoisotopic (exact) mass is 256 g/mol. The lowest BCUT2D eigenvalue weighted by atomic mass is 10.1. The number of unbranched alkanes of at least 4 members (excludes halogenated alkanes) is 8. The van der Waals surface area contributed by atoms with E-state index >= 15 is 0 Å². The number of carbonyl (C=O) groups is 1. The van der Waals surface area contributed by atoms with Crippen LogP contribution in [0.3, 0.4) is 0 Å². The molecule has 0 amide bonds. The van der Waals surface area contributed by atoms with Crippen molar-refractivity contribution in [1.29, 1.82) is 0 Å². The molecular weight excluding hydrogens is 228 g/mol. The van der Waals surface area contributed by atoms with Crippen LogP contribution in [0.4, 0.5) is 0 Å². The smallest absolute Gasteiger partial charge is 0.336 e. The Balaban J connectivity index is 3.19. The van der Waals surface area contributed by atoms with Crippen molar-refractivity contribution in [3.8, 4) is 0 Å². The number of hydrogen-bond acceptors (Lipinski definition) is 3. The van der Waals surface area contributed by atoms with Gasteiger partial charge in [0.2, 0.25) is 0 Å². The average Bonchev–Trinajstić information content (AvgIpc) is 2.39. The molecule has 1 N–H and O–H groups in total. The van der Waals surface area contributed by atoms with Crippen LogP contribution in [0, 0.1) is 0 Å². The molecule has 0 aliphatic rings. The molecular formula is C15H28O3. The fraction of sp³-hybridized carbons (Fsp3) is 0.800. The highest BCUT2D eigenvalue weighted by Gasteiger charge is 2.04. The molecule has 0 unspecified atom stereocenters. The van der Waals surface area contributed by atoms with E-state index in [4.69, 9.17) is 9.84 Å². The van der Waals surface area contributed by atoms with Gasteiger partial charge in [0.1, 0.15) is 0 Å². The maximum atomic E-state index is 11.2. The van der Waals surface area contributed by atoms with Crippen LogP contribution in [0.2, 0.25) is 0 Å². The summed E-state index contributed by atoms with van der Waals surface area (Å²) in [5, 5.41) is 8.60. The van der Waals surface area contributed by atoms with Crippen LogP contribution in [0.15, 0.2) is 11.8 Å². The predicted octanol–water partition coefficient (Wildman–Crippen LogP) is 4.52. The van der Waals surface area contributed by atoms with Gasteiger partial charge in [-0.2, -0.15) is 0 Å². The van der Waals surface area contributed by atoms with Crippen molar-refractivity contribution in [2.45, 2.75) is 71.6 Å². The second kappa shape index (κ2) is 12.5. The van der Waals surface area contributed by atoms with E-state index in [-0.39, 0.29) is 5.57 Å². The summed E-state index contributed by atoms with van der Waals surface area (Å²) in [5.41, 5.74) is 0.255. The Morgan fingerprint density at radius 1 is 1.00 bits per heavy atom. The quantitative estimate of drug-likeness (QED) is 0.256. The van der Waals surface area contributed by atoms with Crippen LogP contribution in [0.5, 0.6) is 0 Å². The van der Waals surface area contributed by atoms with E-state index in [9.17, 15) is 4.79 Å². The Hall–Kier alpha value is -0.990. The first-order valence-electron chi connectivity index (χ1n) is 7.20. The van der Waals surface area contributed by atoms with Crippen molar-refractivity contribution in [1.82, 2.24) is 0 Å². The molecule has 0 rings (SSSR count). The SMILES string of the molecule is CCCCCCCCCCCOC(=O)C(C)=CO. The van der Waals surface area contributed by atoms with Crippen molar-refractivity contribution < 1.29 is 14.6 Å². The molecule has 0 fully saturated rings. The molecule has 0 heterocycles. The van der Waals surface area contributed by atoms with E-state index < -0.39 is 5.97 Å². The van der Waals surface area contributed by atoms with E-state index in [1.54, 1.807) is 6.92 Å². The fourth-order valence-corrected chi connectivity index (χ4v) is 1.74. The second-order valence-corrected chi connectivity index (χ2v) is 4.78.